The molecule has 1 N–H and O–H groups in total. The lowest BCUT2D eigenvalue weighted by Crippen LogP contribution is -2.41. The van der Waals surface area contributed by atoms with Crippen molar-refractivity contribution >= 4 is 23.0 Å². The van der Waals surface area contributed by atoms with Gasteiger partial charge in [-0.3, -0.25) is 23.9 Å². The van der Waals surface area contributed by atoms with Gasteiger partial charge in [-0.2, -0.15) is 0 Å². The minimum atomic E-state index is -0.474. The first kappa shape index (κ1) is 26.3. The van der Waals surface area contributed by atoms with Gasteiger partial charge in [-0.1, -0.05) is 27.2 Å². The second-order valence-corrected chi connectivity index (χ2v) is 8.89. The Morgan fingerprint density at radius 3 is 2.39 bits per heavy atom. The smallest absolute Gasteiger partial charge is 0.330 e. The third kappa shape index (κ3) is 6.55. The number of nitrogens with one attached hydrogen (secondary N) is 1. The molecule has 184 valence electrons. The summed E-state index contributed by atoms with van der Waals surface area (Å²) >= 11 is 0. The minimum absolute atomic E-state index is 0.108. The summed E-state index contributed by atoms with van der Waals surface area (Å²) in [6, 6.07) is -0.168. The van der Waals surface area contributed by atoms with Gasteiger partial charge in [0.05, 0.1) is 6.61 Å². The van der Waals surface area contributed by atoms with E-state index in [1.54, 1.807) is 6.92 Å². The molecule has 10 heteroatoms. The summed E-state index contributed by atoms with van der Waals surface area (Å²) in [5.74, 6) is 0.160. The number of aryl methyl sites for hydroxylation is 2. The van der Waals surface area contributed by atoms with E-state index >= 15 is 0 Å². The normalized spacial score (nSPS) is 11.5. The topological polar surface area (TPSA) is 119 Å². The van der Waals surface area contributed by atoms with Crippen LogP contribution in [-0.4, -0.2) is 55.1 Å². The molecule has 0 aromatic carbocycles. The van der Waals surface area contributed by atoms with Gasteiger partial charge in [-0.05, 0) is 33.1 Å². The lowest BCUT2D eigenvalue weighted by molar-refractivity contribution is -0.150. The molecule has 2 rings (SSSR count). The molecule has 0 saturated carbocycles. The number of imidazole rings is 1. The highest BCUT2D eigenvalue weighted by atomic mass is 16.5. The molecule has 0 aliphatic rings. The first-order valence-corrected chi connectivity index (χ1v) is 11.8. The van der Waals surface area contributed by atoms with Crippen LogP contribution < -0.4 is 11.2 Å². The molecule has 10 nitrogen and oxygen atoms in total. The highest BCUT2D eigenvalue weighted by molar-refractivity contribution is 5.82. The Morgan fingerprint density at radius 1 is 1.12 bits per heavy atom. The van der Waals surface area contributed by atoms with E-state index < -0.39 is 17.2 Å². The number of rotatable bonds is 12. The minimum Gasteiger partial charge on any atom is -0.465 e. The monoisotopic (exact) mass is 463 g/mol. The number of aromatic amines is 1. The van der Waals surface area contributed by atoms with Crippen molar-refractivity contribution in [2.75, 3.05) is 13.2 Å². The maximum atomic E-state index is 12.9. The molecule has 33 heavy (non-hydrogen) atoms. The van der Waals surface area contributed by atoms with Crippen LogP contribution >= 0.6 is 0 Å². The fourth-order valence-corrected chi connectivity index (χ4v) is 3.76. The van der Waals surface area contributed by atoms with E-state index in [1.165, 1.54) is 9.47 Å². The van der Waals surface area contributed by atoms with Gasteiger partial charge in [0.15, 0.2) is 11.2 Å². The maximum absolute atomic E-state index is 12.9. The van der Waals surface area contributed by atoms with E-state index in [-0.39, 0.29) is 43.9 Å². The van der Waals surface area contributed by atoms with Gasteiger partial charge in [-0.15, -0.1) is 0 Å². The number of fused-ring (bicyclic) bond motifs is 1. The summed E-state index contributed by atoms with van der Waals surface area (Å²) in [5, 5.41) is 0. The highest BCUT2D eigenvalue weighted by Gasteiger charge is 2.23. The largest absolute Gasteiger partial charge is 0.465 e. The van der Waals surface area contributed by atoms with Crippen molar-refractivity contribution in [3.63, 3.8) is 0 Å². The average molecular weight is 464 g/mol. The molecule has 0 atom stereocenters. The Bertz CT molecular complexity index is 1080. The van der Waals surface area contributed by atoms with Crippen molar-refractivity contribution in [3.8, 4) is 0 Å². The molecule has 0 spiro atoms. The van der Waals surface area contributed by atoms with E-state index in [4.69, 9.17) is 4.74 Å². The van der Waals surface area contributed by atoms with Gasteiger partial charge < -0.3 is 14.2 Å². The van der Waals surface area contributed by atoms with Crippen molar-refractivity contribution in [2.45, 2.75) is 86.4 Å². The van der Waals surface area contributed by atoms with Crippen molar-refractivity contribution in [3.05, 3.63) is 26.7 Å². The van der Waals surface area contributed by atoms with Gasteiger partial charge in [0.2, 0.25) is 5.91 Å². The number of ether oxygens (including phenoxy) is 1. The number of amides is 1. The number of nitrogens with zero attached hydrogens (tertiary/aromatic N) is 4. The number of carbonyl (C=O) groups is 2. The van der Waals surface area contributed by atoms with Gasteiger partial charge in [0, 0.05) is 32.0 Å². The van der Waals surface area contributed by atoms with Crippen molar-refractivity contribution in [2.24, 2.45) is 5.92 Å². The predicted octanol–water partition coefficient (Wildman–Crippen LogP) is 2.08. The molecule has 2 heterocycles. The molecule has 0 aliphatic carbocycles. The van der Waals surface area contributed by atoms with Gasteiger partial charge in [0.25, 0.3) is 5.56 Å². The molecule has 0 saturated heterocycles. The third-order valence-electron chi connectivity index (χ3n) is 5.36. The summed E-state index contributed by atoms with van der Waals surface area (Å²) in [7, 11) is 0. The zero-order chi connectivity index (χ0) is 24.7. The van der Waals surface area contributed by atoms with Crippen LogP contribution in [0.15, 0.2) is 9.59 Å². The molecule has 0 fully saturated rings. The van der Waals surface area contributed by atoms with E-state index in [2.05, 4.69) is 9.97 Å². The summed E-state index contributed by atoms with van der Waals surface area (Å²) in [4.78, 5) is 58.5. The molecule has 2 aromatic heterocycles. The Hall–Kier alpha value is -2.91. The van der Waals surface area contributed by atoms with Crippen LogP contribution in [0.2, 0.25) is 0 Å². The summed E-state index contributed by atoms with van der Waals surface area (Å²) in [6.45, 7) is 12.6. The lowest BCUT2D eigenvalue weighted by atomic mass is 10.2. The van der Waals surface area contributed by atoms with Crippen LogP contribution in [0.5, 0.6) is 0 Å². The summed E-state index contributed by atoms with van der Waals surface area (Å²) in [5.41, 5.74) is -0.237. The Morgan fingerprint density at radius 2 is 1.82 bits per heavy atom. The standard InChI is InChI=1S/C23H37N5O5/c1-7-9-12-26-21-20(22(31)25-23(26)32)28(13-15(3)4)17(24-21)10-11-18(29)27(16(5)6)14-19(30)33-8-2/h15-16H,7-14H2,1-6H3,(H,25,31,32). The lowest BCUT2D eigenvalue weighted by Gasteiger charge is -2.25. The van der Waals surface area contributed by atoms with Crippen LogP contribution in [0.1, 0.15) is 66.6 Å². The van der Waals surface area contributed by atoms with Crippen LogP contribution in [0.4, 0.5) is 0 Å². The first-order chi connectivity index (χ1) is 15.6. The van der Waals surface area contributed by atoms with Crippen molar-refractivity contribution in [1.82, 2.24) is 24.0 Å². The Balaban J connectivity index is 2.41. The molecule has 0 unspecified atom stereocenters. The predicted molar refractivity (Wildman–Crippen MR) is 126 cm³/mol. The molecular weight excluding hydrogens is 426 g/mol. The zero-order valence-corrected chi connectivity index (χ0v) is 20.6. The number of unbranched alkanes of at least 4 members (excludes halogenated alkanes) is 1. The fourth-order valence-electron chi connectivity index (χ4n) is 3.76. The number of hydrogen-bond donors (Lipinski definition) is 1. The molecule has 2 aromatic rings. The van der Waals surface area contributed by atoms with E-state index in [0.29, 0.717) is 30.1 Å². The van der Waals surface area contributed by atoms with E-state index in [0.717, 1.165) is 12.8 Å². The fraction of sp³-hybridized carbons (Fsp3) is 0.696. The Kier molecular flexibility index (Phi) is 9.43. The van der Waals surface area contributed by atoms with Gasteiger partial charge in [-0.25, -0.2) is 9.78 Å². The zero-order valence-electron chi connectivity index (χ0n) is 20.6. The molecule has 1 amide bonds. The second kappa shape index (κ2) is 11.8. The van der Waals surface area contributed by atoms with Crippen LogP contribution in [0, 0.1) is 5.92 Å². The summed E-state index contributed by atoms with van der Waals surface area (Å²) < 4.78 is 8.31. The van der Waals surface area contributed by atoms with Gasteiger partial charge in [0.1, 0.15) is 12.4 Å². The SMILES string of the molecule is CCCCn1c(=O)[nH]c(=O)c2c1nc(CCC(=O)N(CC(=O)OCC)C(C)C)n2CC(C)C. The molecular formula is C23H37N5O5. The third-order valence-corrected chi connectivity index (χ3v) is 5.36. The number of H-pyrrole nitrogens is 1. The number of esters is 1. The second-order valence-electron chi connectivity index (χ2n) is 8.89. The maximum Gasteiger partial charge on any atom is 0.330 e. The molecule has 0 aliphatic heterocycles. The van der Waals surface area contributed by atoms with Crippen LogP contribution in [0.25, 0.3) is 11.2 Å². The average Bonchev–Trinajstić information content (AvgIpc) is 3.08. The van der Waals surface area contributed by atoms with Gasteiger partial charge >= 0.3 is 11.7 Å². The number of carbonyl (C=O) groups excluding carboxylic acids is 2. The van der Waals surface area contributed by atoms with Crippen LogP contribution in [0.3, 0.4) is 0 Å². The van der Waals surface area contributed by atoms with E-state index in [1.807, 2.05) is 39.2 Å². The number of aromatic nitrogens is 4. The molecule has 0 bridgehead atoms. The summed E-state index contributed by atoms with van der Waals surface area (Å²) in [6.07, 6.45) is 2.08. The number of hydrogen-bond acceptors (Lipinski definition) is 6. The van der Waals surface area contributed by atoms with E-state index in [9.17, 15) is 19.2 Å². The first-order valence-electron chi connectivity index (χ1n) is 11.8. The van der Waals surface area contributed by atoms with Crippen molar-refractivity contribution < 1.29 is 14.3 Å². The highest BCUT2D eigenvalue weighted by Crippen LogP contribution is 2.17. The Labute approximate surface area is 193 Å². The van der Waals surface area contributed by atoms with Crippen LogP contribution in [-0.2, 0) is 33.8 Å². The molecule has 0 radical (unpaired) electrons. The quantitative estimate of drug-likeness (QED) is 0.481. The van der Waals surface area contributed by atoms with Crippen molar-refractivity contribution in [1.29, 1.82) is 0 Å².